The van der Waals surface area contributed by atoms with Gasteiger partial charge in [-0.3, -0.25) is 4.90 Å². The number of nitriles is 1. The van der Waals surface area contributed by atoms with E-state index in [1.165, 1.54) is 31.3 Å². The summed E-state index contributed by atoms with van der Waals surface area (Å²) in [7, 11) is 3.56. The number of carbonyl (C=O) groups is 3. The van der Waals surface area contributed by atoms with Crippen LogP contribution < -0.4 is 15.4 Å². The van der Waals surface area contributed by atoms with Gasteiger partial charge in [-0.25, -0.2) is 14.4 Å². The third-order valence-electron chi connectivity index (χ3n) is 6.52. The van der Waals surface area contributed by atoms with E-state index < -0.39 is 23.8 Å². The quantitative estimate of drug-likeness (QED) is 0.274. The first kappa shape index (κ1) is 29.9. The Balaban J connectivity index is 2.05. The molecule has 0 radical (unpaired) electrons. The van der Waals surface area contributed by atoms with Crippen LogP contribution in [0.5, 0.6) is 5.75 Å². The van der Waals surface area contributed by atoms with E-state index in [9.17, 15) is 19.6 Å². The summed E-state index contributed by atoms with van der Waals surface area (Å²) >= 11 is 3.48. The first-order chi connectivity index (χ1) is 20.3. The second-order valence-corrected chi connectivity index (χ2v) is 9.76. The lowest BCUT2D eigenvalue weighted by atomic mass is 9.81. The van der Waals surface area contributed by atoms with Gasteiger partial charge in [0.15, 0.2) is 0 Å². The van der Waals surface area contributed by atoms with Crippen molar-refractivity contribution in [2.45, 2.75) is 12.5 Å². The number of hydrogen-bond donors (Lipinski definition) is 1. The molecule has 0 amide bonds. The van der Waals surface area contributed by atoms with Crippen LogP contribution in [-0.4, -0.2) is 39.2 Å². The Bertz CT molecular complexity index is 1630. The Morgan fingerprint density at radius 1 is 0.905 bits per heavy atom. The van der Waals surface area contributed by atoms with Gasteiger partial charge in [-0.2, -0.15) is 5.26 Å². The molecule has 42 heavy (non-hydrogen) atoms. The van der Waals surface area contributed by atoms with Crippen molar-refractivity contribution in [2.24, 2.45) is 5.73 Å². The molecule has 10 nitrogen and oxygen atoms in total. The SMILES string of the molecule is COC(=O)C1=C(C(=O)OC)N(c2c(Br)cc(C(=O)OC)cc2OCc2ccccc2)C(N)=C(C#N)C1c1ccccc1. The monoisotopic (exact) mass is 631 g/mol. The molecule has 0 fully saturated rings. The predicted octanol–water partition coefficient (Wildman–Crippen LogP) is 4.71. The Morgan fingerprint density at radius 2 is 1.50 bits per heavy atom. The van der Waals surface area contributed by atoms with Crippen LogP contribution in [0.4, 0.5) is 5.69 Å². The van der Waals surface area contributed by atoms with E-state index in [0.717, 1.165) is 12.7 Å². The summed E-state index contributed by atoms with van der Waals surface area (Å²) in [6, 6.07) is 22.9. The average molecular weight is 632 g/mol. The summed E-state index contributed by atoms with van der Waals surface area (Å²) in [5.74, 6) is -3.54. The minimum atomic E-state index is -1.05. The fourth-order valence-electron chi connectivity index (χ4n) is 4.62. The van der Waals surface area contributed by atoms with Gasteiger partial charge in [-0.15, -0.1) is 0 Å². The van der Waals surface area contributed by atoms with Crippen molar-refractivity contribution in [2.75, 3.05) is 26.2 Å². The number of anilines is 1. The molecule has 0 bridgehead atoms. The second-order valence-electron chi connectivity index (χ2n) is 8.91. The molecular formula is C31H26BrN3O7. The zero-order chi connectivity index (χ0) is 30.4. The molecule has 4 rings (SSSR count). The molecule has 1 aliphatic rings. The zero-order valence-electron chi connectivity index (χ0n) is 22.9. The van der Waals surface area contributed by atoms with Crippen LogP contribution in [0, 0.1) is 11.3 Å². The minimum Gasteiger partial charge on any atom is -0.487 e. The van der Waals surface area contributed by atoms with E-state index >= 15 is 0 Å². The molecular weight excluding hydrogens is 606 g/mol. The molecule has 0 saturated carbocycles. The van der Waals surface area contributed by atoms with Gasteiger partial charge in [-0.05, 0) is 39.2 Å². The third kappa shape index (κ3) is 5.70. The minimum absolute atomic E-state index is 0.0211. The molecule has 3 aromatic rings. The summed E-state index contributed by atoms with van der Waals surface area (Å²) in [6.07, 6.45) is 0. The molecule has 3 aromatic carbocycles. The van der Waals surface area contributed by atoms with Crippen LogP contribution in [-0.2, 0) is 30.4 Å². The van der Waals surface area contributed by atoms with Crippen LogP contribution in [0.3, 0.4) is 0 Å². The van der Waals surface area contributed by atoms with Crippen LogP contribution in [0.25, 0.3) is 0 Å². The molecule has 1 heterocycles. The van der Waals surface area contributed by atoms with Gasteiger partial charge in [0.1, 0.15) is 29.6 Å². The van der Waals surface area contributed by atoms with Crippen LogP contribution in [0.2, 0.25) is 0 Å². The largest absolute Gasteiger partial charge is 0.487 e. The van der Waals surface area contributed by atoms with Crippen molar-refractivity contribution < 1.29 is 33.3 Å². The smallest absolute Gasteiger partial charge is 0.355 e. The highest BCUT2D eigenvalue weighted by Gasteiger charge is 2.44. The highest BCUT2D eigenvalue weighted by molar-refractivity contribution is 9.10. The number of rotatable bonds is 8. The van der Waals surface area contributed by atoms with Gasteiger partial charge in [0, 0.05) is 4.47 Å². The lowest BCUT2D eigenvalue weighted by Crippen LogP contribution is -2.41. The zero-order valence-corrected chi connectivity index (χ0v) is 24.5. The summed E-state index contributed by atoms with van der Waals surface area (Å²) in [5, 5.41) is 10.3. The molecule has 0 aliphatic carbocycles. The molecule has 0 aromatic heterocycles. The Morgan fingerprint density at radius 3 is 2.07 bits per heavy atom. The summed E-state index contributed by atoms with van der Waals surface area (Å²) in [5.41, 5.74) is 7.80. The standard InChI is InChI=1S/C31H26BrN3O7/c1-39-29(36)20-14-22(32)26(23(15-20)42-17-18-10-6-4-7-11-18)35-27(31(38)41-3)25(30(37)40-2)24(21(16-33)28(35)34)19-12-8-5-9-13-19/h4-15,24H,17,34H2,1-3H3. The maximum Gasteiger partial charge on any atom is 0.355 e. The van der Waals surface area contributed by atoms with Gasteiger partial charge in [-0.1, -0.05) is 60.7 Å². The summed E-state index contributed by atoms with van der Waals surface area (Å²) in [6.45, 7) is 0.0707. The number of ether oxygens (including phenoxy) is 4. The van der Waals surface area contributed by atoms with E-state index in [2.05, 4.69) is 22.0 Å². The van der Waals surface area contributed by atoms with E-state index in [-0.39, 0.29) is 50.7 Å². The van der Waals surface area contributed by atoms with Crippen LogP contribution in [0.1, 0.15) is 27.4 Å². The van der Waals surface area contributed by atoms with Crippen molar-refractivity contribution in [3.05, 3.63) is 117 Å². The Hall–Kier alpha value is -5.08. The van der Waals surface area contributed by atoms with Gasteiger partial charge < -0.3 is 24.7 Å². The fourth-order valence-corrected chi connectivity index (χ4v) is 5.24. The van der Waals surface area contributed by atoms with E-state index in [0.29, 0.717) is 5.56 Å². The van der Waals surface area contributed by atoms with Crippen molar-refractivity contribution in [3.8, 4) is 11.8 Å². The highest BCUT2D eigenvalue weighted by atomic mass is 79.9. The third-order valence-corrected chi connectivity index (χ3v) is 7.13. The lowest BCUT2D eigenvalue weighted by molar-refractivity contribution is -0.139. The number of carbonyl (C=O) groups excluding carboxylic acids is 3. The number of methoxy groups -OCH3 is 3. The van der Waals surface area contributed by atoms with Crippen molar-refractivity contribution in [1.29, 1.82) is 5.26 Å². The molecule has 0 spiro atoms. The number of halogens is 1. The molecule has 214 valence electrons. The molecule has 1 aliphatic heterocycles. The first-order valence-electron chi connectivity index (χ1n) is 12.5. The Labute approximate surface area is 250 Å². The van der Waals surface area contributed by atoms with E-state index in [4.69, 9.17) is 24.7 Å². The maximum absolute atomic E-state index is 13.5. The summed E-state index contributed by atoms with van der Waals surface area (Å²) < 4.78 is 21.5. The molecule has 11 heteroatoms. The van der Waals surface area contributed by atoms with Crippen LogP contribution in [0.15, 0.2) is 99.9 Å². The number of nitrogens with zero attached hydrogens (tertiary/aromatic N) is 2. The Kier molecular flexibility index (Phi) is 9.29. The van der Waals surface area contributed by atoms with Gasteiger partial charge in [0.05, 0.1) is 50.0 Å². The predicted molar refractivity (Wildman–Crippen MR) is 156 cm³/mol. The normalized spacial score (nSPS) is 14.6. The van der Waals surface area contributed by atoms with E-state index in [1.54, 1.807) is 30.3 Å². The number of allylic oxidation sites excluding steroid dienone is 1. The van der Waals surface area contributed by atoms with Crippen molar-refractivity contribution >= 4 is 39.5 Å². The van der Waals surface area contributed by atoms with Gasteiger partial charge >= 0.3 is 17.9 Å². The van der Waals surface area contributed by atoms with Gasteiger partial charge in [0.25, 0.3) is 0 Å². The maximum atomic E-state index is 13.5. The average Bonchev–Trinajstić information content (AvgIpc) is 3.03. The molecule has 0 saturated heterocycles. The van der Waals surface area contributed by atoms with Crippen molar-refractivity contribution in [1.82, 2.24) is 0 Å². The first-order valence-corrected chi connectivity index (χ1v) is 13.3. The highest BCUT2D eigenvalue weighted by Crippen LogP contribution is 2.48. The number of nitrogens with two attached hydrogens (primary N) is 1. The molecule has 1 unspecified atom stereocenters. The van der Waals surface area contributed by atoms with Crippen molar-refractivity contribution in [3.63, 3.8) is 0 Å². The second kappa shape index (κ2) is 13.1. The lowest BCUT2D eigenvalue weighted by Gasteiger charge is -2.37. The molecule has 2 N–H and O–H groups in total. The van der Waals surface area contributed by atoms with Crippen LogP contribution >= 0.6 is 15.9 Å². The molecule has 1 atom stereocenters. The number of hydrogen-bond acceptors (Lipinski definition) is 10. The fraction of sp³-hybridized carbons (Fsp3) is 0.161. The number of esters is 3. The summed E-state index contributed by atoms with van der Waals surface area (Å²) in [4.78, 5) is 40.6. The van der Waals surface area contributed by atoms with E-state index in [1.807, 2.05) is 30.3 Å². The topological polar surface area (TPSA) is 141 Å². The van der Waals surface area contributed by atoms with Gasteiger partial charge in [0.2, 0.25) is 0 Å². The number of benzene rings is 3.